The van der Waals surface area contributed by atoms with Crippen LogP contribution < -0.4 is 20.4 Å². The molecule has 0 aliphatic carbocycles. The summed E-state index contributed by atoms with van der Waals surface area (Å²) in [6.45, 7) is 13.2. The maximum Gasteiger partial charge on any atom is 0.273 e. The van der Waals surface area contributed by atoms with Gasteiger partial charge in [-0.1, -0.05) is 88.4 Å². The van der Waals surface area contributed by atoms with E-state index in [0.29, 0.717) is 29.9 Å². The number of sulfone groups is 1. The number of amides is 1. The van der Waals surface area contributed by atoms with Crippen molar-refractivity contribution in [3.8, 4) is 0 Å². The van der Waals surface area contributed by atoms with Crippen LogP contribution in [0.3, 0.4) is 0 Å². The van der Waals surface area contributed by atoms with Gasteiger partial charge >= 0.3 is 0 Å². The molecule has 45 heavy (non-hydrogen) atoms. The van der Waals surface area contributed by atoms with Crippen LogP contribution in [0.15, 0.2) is 75.1 Å². The molecule has 1 aromatic heterocycles. The normalized spacial score (nSPS) is 19.7. The molecular formula is C32H42N2O7S3Si. The van der Waals surface area contributed by atoms with Gasteiger partial charge in [0.25, 0.3) is 18.3 Å². The molecule has 0 saturated heterocycles. The smallest absolute Gasteiger partial charge is 0.273 e. The van der Waals surface area contributed by atoms with Crippen molar-refractivity contribution in [2.24, 2.45) is 5.92 Å². The van der Waals surface area contributed by atoms with Gasteiger partial charge in [0.05, 0.1) is 11.2 Å². The Morgan fingerprint density at radius 3 is 2.04 bits per heavy atom. The zero-order valence-electron chi connectivity index (χ0n) is 26.7. The van der Waals surface area contributed by atoms with Crippen LogP contribution in [0.5, 0.6) is 0 Å². The number of carbonyl (C=O) groups is 2. The average molecular weight is 691 g/mol. The topological polar surface area (TPSA) is 136 Å². The maximum atomic E-state index is 13.7. The van der Waals surface area contributed by atoms with E-state index >= 15 is 0 Å². The first-order valence-electron chi connectivity index (χ1n) is 15.0. The van der Waals surface area contributed by atoms with Gasteiger partial charge in [-0.15, -0.1) is 11.3 Å². The molecule has 0 saturated carbocycles. The number of benzene rings is 2. The second kappa shape index (κ2) is 13.2. The molecule has 2 aromatic carbocycles. The Morgan fingerprint density at radius 1 is 1.02 bits per heavy atom. The van der Waals surface area contributed by atoms with E-state index in [0.717, 1.165) is 10.4 Å². The summed E-state index contributed by atoms with van der Waals surface area (Å²) in [5.74, 6) is -2.94. The molecule has 3 aromatic rings. The van der Waals surface area contributed by atoms with Crippen LogP contribution in [0.2, 0.25) is 5.04 Å². The summed E-state index contributed by atoms with van der Waals surface area (Å²) < 4.78 is 61.3. The summed E-state index contributed by atoms with van der Waals surface area (Å²) in [4.78, 5) is 27.0. The third-order valence-corrected chi connectivity index (χ3v) is 19.2. The van der Waals surface area contributed by atoms with Crippen molar-refractivity contribution in [1.29, 1.82) is 0 Å². The summed E-state index contributed by atoms with van der Waals surface area (Å²) in [6, 6.07) is 20.5. The Labute approximate surface area is 271 Å². The lowest BCUT2D eigenvalue weighted by molar-refractivity contribution is -0.136. The summed E-state index contributed by atoms with van der Waals surface area (Å²) in [6.07, 6.45) is -0.734. The summed E-state index contributed by atoms with van der Waals surface area (Å²) in [7, 11) is -11.3. The molecule has 0 radical (unpaired) electrons. The first kappa shape index (κ1) is 35.2. The van der Waals surface area contributed by atoms with Crippen LogP contribution in [0.25, 0.3) is 0 Å². The highest BCUT2D eigenvalue weighted by atomic mass is 32.3. The van der Waals surface area contributed by atoms with E-state index in [2.05, 4.69) is 26.1 Å². The SMILES string of the molecule is CCN[C@H]1C[C@H](C)S(=O)(=O)c2sc(S(=O)(=O)NC(=O)[C@H](C)C(=O)[C@H](C)O[Si](c3ccccc3)(c3ccccc3)C(C)(C)C)cc21. The minimum atomic E-state index is -4.47. The average Bonchev–Trinajstić information content (AvgIpc) is 3.46. The van der Waals surface area contributed by atoms with Gasteiger partial charge < -0.3 is 9.74 Å². The second-order valence-electron chi connectivity index (χ2n) is 12.5. The molecule has 1 aliphatic rings. The lowest BCUT2D eigenvalue weighted by atomic mass is 10.0. The highest BCUT2D eigenvalue weighted by Gasteiger charge is 2.52. The third kappa shape index (κ3) is 6.74. The molecule has 0 bridgehead atoms. The number of carbonyl (C=O) groups excluding carboxylic acids is 2. The molecule has 4 rings (SSSR count). The lowest BCUT2D eigenvalue weighted by Gasteiger charge is -2.44. The molecule has 0 unspecified atom stereocenters. The highest BCUT2D eigenvalue weighted by Crippen LogP contribution is 2.43. The molecule has 0 fully saturated rings. The van der Waals surface area contributed by atoms with Crippen LogP contribution in [-0.4, -0.2) is 54.7 Å². The number of thiophene rings is 1. The quantitative estimate of drug-likeness (QED) is 0.228. The van der Waals surface area contributed by atoms with Gasteiger partial charge in [-0.3, -0.25) is 9.59 Å². The lowest BCUT2D eigenvalue weighted by Crippen LogP contribution is -2.68. The van der Waals surface area contributed by atoms with Crippen molar-refractivity contribution < 1.29 is 30.9 Å². The Bertz CT molecular complexity index is 1710. The predicted molar refractivity (Wildman–Crippen MR) is 180 cm³/mol. The van der Waals surface area contributed by atoms with Gasteiger partial charge in [0.2, 0.25) is 5.91 Å². The molecule has 13 heteroatoms. The van der Waals surface area contributed by atoms with Gasteiger partial charge in [-0.25, -0.2) is 21.6 Å². The van der Waals surface area contributed by atoms with E-state index in [-0.39, 0.29) is 14.5 Å². The van der Waals surface area contributed by atoms with Gasteiger partial charge in [-0.05, 0) is 55.2 Å². The van der Waals surface area contributed by atoms with Crippen LogP contribution in [0.1, 0.15) is 66.5 Å². The molecule has 2 N–H and O–H groups in total. The summed E-state index contributed by atoms with van der Waals surface area (Å²) in [5.41, 5.74) is 0.379. The Balaban J connectivity index is 1.61. The van der Waals surface area contributed by atoms with Crippen molar-refractivity contribution >= 4 is 61.6 Å². The fraction of sp³-hybridized carbons (Fsp3) is 0.438. The van der Waals surface area contributed by atoms with Crippen molar-refractivity contribution in [2.45, 2.75) is 85.7 Å². The Hall–Kier alpha value is -2.68. The van der Waals surface area contributed by atoms with E-state index < -0.39 is 62.2 Å². The fourth-order valence-electron chi connectivity index (χ4n) is 5.94. The fourth-order valence-corrected chi connectivity index (χ4v) is 15.7. The van der Waals surface area contributed by atoms with Crippen LogP contribution in [-0.2, 0) is 33.9 Å². The molecule has 4 atom stereocenters. The van der Waals surface area contributed by atoms with Crippen LogP contribution >= 0.6 is 11.3 Å². The van der Waals surface area contributed by atoms with E-state index in [1.807, 2.05) is 72.3 Å². The number of rotatable bonds is 11. The largest absolute Gasteiger partial charge is 0.398 e. The van der Waals surface area contributed by atoms with Gasteiger partial charge in [0, 0.05) is 11.6 Å². The number of nitrogens with one attached hydrogen (secondary N) is 2. The predicted octanol–water partition coefficient (Wildman–Crippen LogP) is 3.94. The molecule has 1 amide bonds. The number of hydrogen-bond acceptors (Lipinski definition) is 9. The second-order valence-corrected chi connectivity index (χ2v) is 22.3. The van der Waals surface area contributed by atoms with Gasteiger partial charge in [0.1, 0.15) is 14.5 Å². The van der Waals surface area contributed by atoms with Crippen molar-refractivity contribution in [3.63, 3.8) is 0 Å². The summed E-state index contributed by atoms with van der Waals surface area (Å²) >= 11 is 0.622. The van der Waals surface area contributed by atoms with Crippen molar-refractivity contribution in [3.05, 3.63) is 72.3 Å². The number of ketones is 1. The van der Waals surface area contributed by atoms with Crippen molar-refractivity contribution in [2.75, 3.05) is 6.54 Å². The maximum absolute atomic E-state index is 13.7. The third-order valence-electron chi connectivity index (χ3n) is 8.37. The first-order valence-corrected chi connectivity index (χ1v) is 20.7. The molecule has 1 aliphatic heterocycles. The van der Waals surface area contributed by atoms with E-state index in [1.165, 1.54) is 13.0 Å². The molecule has 2 heterocycles. The number of fused-ring (bicyclic) bond motifs is 1. The minimum Gasteiger partial charge on any atom is -0.398 e. The zero-order valence-corrected chi connectivity index (χ0v) is 30.1. The molecule has 0 spiro atoms. The first-order chi connectivity index (χ1) is 21.0. The van der Waals surface area contributed by atoms with E-state index in [9.17, 15) is 26.4 Å². The van der Waals surface area contributed by atoms with Gasteiger partial charge in [-0.2, -0.15) is 0 Å². The Kier molecular flexibility index (Phi) is 10.3. The monoisotopic (exact) mass is 690 g/mol. The number of Topliss-reactive ketones (excluding diaryl/α,β-unsaturated/α-hetero) is 1. The minimum absolute atomic E-state index is 0.0172. The molecule has 9 nitrogen and oxygen atoms in total. The van der Waals surface area contributed by atoms with E-state index in [1.54, 1.807) is 13.8 Å². The zero-order chi connectivity index (χ0) is 33.4. The molecular weight excluding hydrogens is 649 g/mol. The van der Waals surface area contributed by atoms with Crippen LogP contribution in [0, 0.1) is 5.92 Å². The van der Waals surface area contributed by atoms with Crippen LogP contribution in [0.4, 0.5) is 0 Å². The highest BCUT2D eigenvalue weighted by molar-refractivity contribution is 7.95. The summed E-state index contributed by atoms with van der Waals surface area (Å²) in [5, 5.41) is 4.04. The van der Waals surface area contributed by atoms with Crippen molar-refractivity contribution in [1.82, 2.24) is 10.0 Å². The van der Waals surface area contributed by atoms with Gasteiger partial charge in [0.15, 0.2) is 15.6 Å². The Morgan fingerprint density at radius 2 is 1.56 bits per heavy atom. The number of sulfonamides is 1. The molecule has 244 valence electrons. The standard InChI is InChI=1S/C32H42N2O7S3Si/c1-8-33-27-19-21(2)43(37,38)31-26(27)20-28(42-31)44(39,40)34-30(36)22(3)29(35)23(4)41-45(32(5,6)7,24-15-11-9-12-16-24)25-17-13-10-14-18-25/h9-18,20-23,27,33H,8,19H2,1-7H3,(H,34,36)/t21-,22+,23-,27-/m0/s1. The number of hydrogen-bond donors (Lipinski definition) is 2. The van der Waals surface area contributed by atoms with E-state index in [4.69, 9.17) is 4.43 Å².